The summed E-state index contributed by atoms with van der Waals surface area (Å²) in [4.78, 5) is 3.40. The van der Waals surface area contributed by atoms with Crippen molar-refractivity contribution in [3.05, 3.63) is 30.3 Å². The second-order valence-corrected chi connectivity index (χ2v) is 4.56. The molecule has 1 aromatic rings. The standard InChI is InChI=1S/C11H15NS2.Zn/c1-3-12(4-2)11(13)14-10-8-6-5-7-9-10;/h5-9H,3-4H2,1-2H3;. The van der Waals surface area contributed by atoms with Crippen molar-refractivity contribution in [1.82, 2.24) is 4.90 Å². The normalized spacial score (nSPS) is 9.20. The summed E-state index contributed by atoms with van der Waals surface area (Å²) in [6.45, 7) is 6.22. The zero-order chi connectivity index (χ0) is 10.4. The molecule has 0 spiro atoms. The Morgan fingerprint density at radius 2 is 1.73 bits per heavy atom. The van der Waals surface area contributed by atoms with Gasteiger partial charge in [-0.1, -0.05) is 42.2 Å². The Bertz CT molecular complexity index is 286. The number of rotatable bonds is 3. The second-order valence-electron chi connectivity index (χ2n) is 2.85. The van der Waals surface area contributed by atoms with Crippen LogP contribution in [0.3, 0.4) is 0 Å². The molecule has 0 unspecified atom stereocenters. The molecule has 78 valence electrons. The summed E-state index contributed by atoms with van der Waals surface area (Å²) in [7, 11) is 0. The SMILES string of the molecule is CCN(CC)C(=S)Sc1ccccc1.[Zn]. The number of hydrogen-bond acceptors (Lipinski definition) is 2. The topological polar surface area (TPSA) is 3.24 Å². The van der Waals surface area contributed by atoms with Crippen molar-refractivity contribution in [2.24, 2.45) is 0 Å². The molecule has 0 heterocycles. The predicted molar refractivity (Wildman–Crippen MR) is 67.8 cm³/mol. The van der Waals surface area contributed by atoms with Gasteiger partial charge < -0.3 is 4.90 Å². The molecule has 0 aliphatic heterocycles. The van der Waals surface area contributed by atoms with Crippen LogP contribution in [0.5, 0.6) is 0 Å². The number of hydrogen-bond donors (Lipinski definition) is 0. The monoisotopic (exact) mass is 289 g/mol. The minimum Gasteiger partial charge on any atom is -0.358 e. The summed E-state index contributed by atoms with van der Waals surface area (Å²) < 4.78 is 0.959. The van der Waals surface area contributed by atoms with E-state index in [-0.39, 0.29) is 19.5 Å². The van der Waals surface area contributed by atoms with Gasteiger partial charge in [-0.15, -0.1) is 0 Å². The van der Waals surface area contributed by atoms with Gasteiger partial charge in [0.1, 0.15) is 4.32 Å². The fraction of sp³-hybridized carbons (Fsp3) is 0.364. The first-order chi connectivity index (χ1) is 6.77. The summed E-state index contributed by atoms with van der Waals surface area (Å²) in [5, 5.41) is 0. The third-order valence-corrected chi connectivity index (χ3v) is 3.42. The third-order valence-electron chi connectivity index (χ3n) is 1.97. The molecule has 0 aromatic heterocycles. The van der Waals surface area contributed by atoms with Gasteiger partial charge in [0.25, 0.3) is 0 Å². The Morgan fingerprint density at radius 1 is 1.20 bits per heavy atom. The molecular formula is C11H15NS2Zn. The quantitative estimate of drug-likeness (QED) is 0.477. The molecular weight excluding hydrogens is 276 g/mol. The third kappa shape index (κ3) is 5.10. The smallest absolute Gasteiger partial charge is 0.141 e. The predicted octanol–water partition coefficient (Wildman–Crippen LogP) is 3.40. The van der Waals surface area contributed by atoms with Gasteiger partial charge in [0.2, 0.25) is 0 Å². The van der Waals surface area contributed by atoms with Gasteiger partial charge in [-0.05, 0) is 26.0 Å². The van der Waals surface area contributed by atoms with E-state index in [0.717, 1.165) is 17.4 Å². The van der Waals surface area contributed by atoms with Crippen molar-refractivity contribution in [3.8, 4) is 0 Å². The molecule has 1 aromatic carbocycles. The van der Waals surface area contributed by atoms with E-state index in [9.17, 15) is 0 Å². The van der Waals surface area contributed by atoms with Gasteiger partial charge in [-0.2, -0.15) is 0 Å². The summed E-state index contributed by atoms with van der Waals surface area (Å²) in [6, 6.07) is 10.3. The van der Waals surface area contributed by atoms with E-state index in [0.29, 0.717) is 0 Å². The van der Waals surface area contributed by atoms with E-state index in [1.54, 1.807) is 11.8 Å². The summed E-state index contributed by atoms with van der Waals surface area (Å²) in [6.07, 6.45) is 0. The van der Waals surface area contributed by atoms with Crippen molar-refractivity contribution < 1.29 is 19.5 Å². The molecule has 0 aliphatic rings. The van der Waals surface area contributed by atoms with Gasteiger partial charge in [0.05, 0.1) is 0 Å². The summed E-state index contributed by atoms with van der Waals surface area (Å²) in [5.41, 5.74) is 0. The maximum absolute atomic E-state index is 5.34. The Labute approximate surface area is 114 Å². The molecule has 0 aliphatic carbocycles. The van der Waals surface area contributed by atoms with Crippen LogP contribution >= 0.6 is 24.0 Å². The minimum absolute atomic E-state index is 0. The molecule has 0 bridgehead atoms. The van der Waals surface area contributed by atoms with Crippen molar-refractivity contribution in [2.45, 2.75) is 18.7 Å². The van der Waals surface area contributed by atoms with Gasteiger partial charge >= 0.3 is 0 Å². The number of thiocarbonyl (C=S) groups is 1. The zero-order valence-corrected chi connectivity index (χ0v) is 13.9. The molecule has 0 saturated carbocycles. The van der Waals surface area contributed by atoms with Crippen LogP contribution in [0, 0.1) is 0 Å². The van der Waals surface area contributed by atoms with Crippen LogP contribution in [0.4, 0.5) is 0 Å². The molecule has 1 rings (SSSR count). The van der Waals surface area contributed by atoms with Crippen LogP contribution in [0.2, 0.25) is 0 Å². The van der Waals surface area contributed by atoms with Gasteiger partial charge in [-0.3, -0.25) is 0 Å². The molecule has 15 heavy (non-hydrogen) atoms. The van der Waals surface area contributed by atoms with Crippen LogP contribution < -0.4 is 0 Å². The van der Waals surface area contributed by atoms with Crippen LogP contribution in [-0.4, -0.2) is 22.3 Å². The molecule has 0 N–H and O–H groups in total. The average Bonchev–Trinajstić information content (AvgIpc) is 2.21. The van der Waals surface area contributed by atoms with E-state index in [4.69, 9.17) is 12.2 Å². The Morgan fingerprint density at radius 3 is 2.20 bits per heavy atom. The first-order valence-corrected chi connectivity index (χ1v) is 6.02. The van der Waals surface area contributed by atoms with E-state index in [1.807, 2.05) is 18.2 Å². The fourth-order valence-electron chi connectivity index (χ4n) is 1.14. The first kappa shape index (κ1) is 15.1. The average molecular weight is 291 g/mol. The van der Waals surface area contributed by atoms with Gasteiger partial charge in [0, 0.05) is 37.5 Å². The molecule has 0 amide bonds. The maximum Gasteiger partial charge on any atom is 0.141 e. The summed E-state index contributed by atoms with van der Waals surface area (Å²) in [5.74, 6) is 0. The molecule has 0 fully saturated rings. The Kier molecular flexibility index (Phi) is 8.31. The van der Waals surface area contributed by atoms with Crippen LogP contribution in [0.15, 0.2) is 35.2 Å². The fourth-order valence-corrected chi connectivity index (χ4v) is 2.56. The van der Waals surface area contributed by atoms with Crippen molar-refractivity contribution in [3.63, 3.8) is 0 Å². The van der Waals surface area contributed by atoms with Crippen LogP contribution in [0.25, 0.3) is 0 Å². The first-order valence-electron chi connectivity index (χ1n) is 4.79. The van der Waals surface area contributed by atoms with Gasteiger partial charge in [-0.25, -0.2) is 0 Å². The van der Waals surface area contributed by atoms with E-state index >= 15 is 0 Å². The van der Waals surface area contributed by atoms with E-state index in [2.05, 4.69) is 30.9 Å². The minimum atomic E-state index is 0. The molecule has 0 radical (unpaired) electrons. The molecule has 0 atom stereocenters. The van der Waals surface area contributed by atoms with Crippen molar-refractivity contribution in [2.75, 3.05) is 13.1 Å². The number of thioether (sulfide) groups is 1. The van der Waals surface area contributed by atoms with Crippen LogP contribution in [-0.2, 0) is 19.5 Å². The maximum atomic E-state index is 5.34. The van der Waals surface area contributed by atoms with Crippen molar-refractivity contribution in [1.29, 1.82) is 0 Å². The Hall–Kier alpha value is 0.0834. The van der Waals surface area contributed by atoms with E-state index < -0.39 is 0 Å². The largest absolute Gasteiger partial charge is 0.358 e. The molecule has 1 nitrogen and oxygen atoms in total. The second kappa shape index (κ2) is 8.26. The molecule has 0 saturated heterocycles. The number of benzene rings is 1. The zero-order valence-electron chi connectivity index (χ0n) is 9.27. The Balaban J connectivity index is 0.00000196. The molecule has 4 heteroatoms. The summed E-state index contributed by atoms with van der Waals surface area (Å²) >= 11 is 7.00. The van der Waals surface area contributed by atoms with Crippen LogP contribution in [0.1, 0.15) is 13.8 Å². The van der Waals surface area contributed by atoms with Crippen molar-refractivity contribution >= 4 is 28.3 Å². The number of nitrogens with zero attached hydrogens (tertiary/aromatic N) is 1. The van der Waals surface area contributed by atoms with Gasteiger partial charge in [0.15, 0.2) is 0 Å². The van der Waals surface area contributed by atoms with E-state index in [1.165, 1.54) is 4.90 Å².